The predicted molar refractivity (Wildman–Crippen MR) is 129 cm³/mol. The minimum absolute atomic E-state index is 0.00424. The van der Waals surface area contributed by atoms with E-state index in [1.54, 1.807) is 0 Å². The number of aliphatic hydroxyl groups excluding tert-OH is 2. The first kappa shape index (κ1) is 23.9. The van der Waals surface area contributed by atoms with Crippen LogP contribution in [0.25, 0.3) is 0 Å². The number of rotatable bonds is 1. The highest BCUT2D eigenvalue weighted by atomic mass is 16.4. The molecule has 5 aliphatic rings. The van der Waals surface area contributed by atoms with E-state index in [-0.39, 0.29) is 27.6 Å². The molecule has 5 aliphatic carbocycles. The van der Waals surface area contributed by atoms with Crippen LogP contribution in [0.2, 0.25) is 0 Å². The van der Waals surface area contributed by atoms with Gasteiger partial charge in [-0.15, -0.1) is 0 Å². The van der Waals surface area contributed by atoms with Crippen LogP contribution in [0.1, 0.15) is 99.3 Å². The molecule has 4 saturated carbocycles. The Morgan fingerprint density at radius 1 is 0.970 bits per heavy atom. The Morgan fingerprint density at radius 2 is 1.67 bits per heavy atom. The van der Waals surface area contributed by atoms with Gasteiger partial charge in [-0.3, -0.25) is 4.79 Å². The lowest BCUT2D eigenvalue weighted by atomic mass is 9.33. The summed E-state index contributed by atoms with van der Waals surface area (Å²) < 4.78 is 0. The number of hydrogen-bond acceptors (Lipinski definition) is 3. The summed E-state index contributed by atoms with van der Waals surface area (Å²) in [7, 11) is 0. The van der Waals surface area contributed by atoms with Crippen LogP contribution >= 0.6 is 0 Å². The third-order valence-corrected chi connectivity index (χ3v) is 12.7. The Kier molecular flexibility index (Phi) is 5.13. The third-order valence-electron chi connectivity index (χ3n) is 12.7. The third kappa shape index (κ3) is 2.74. The van der Waals surface area contributed by atoms with Crippen molar-refractivity contribution in [2.24, 2.45) is 50.7 Å². The van der Waals surface area contributed by atoms with Crippen LogP contribution < -0.4 is 0 Å². The summed E-state index contributed by atoms with van der Waals surface area (Å²) in [4.78, 5) is 12.7. The summed E-state index contributed by atoms with van der Waals surface area (Å²) >= 11 is 0. The first-order chi connectivity index (χ1) is 15.3. The van der Waals surface area contributed by atoms with Crippen molar-refractivity contribution in [2.45, 2.75) is 112 Å². The minimum atomic E-state index is -0.675. The maximum absolute atomic E-state index is 12.7. The van der Waals surface area contributed by atoms with Crippen molar-refractivity contribution in [1.82, 2.24) is 0 Å². The van der Waals surface area contributed by atoms with E-state index in [9.17, 15) is 20.1 Å². The van der Waals surface area contributed by atoms with Gasteiger partial charge in [-0.05, 0) is 90.3 Å². The van der Waals surface area contributed by atoms with Gasteiger partial charge in [0.2, 0.25) is 0 Å². The number of carbonyl (C=O) groups is 1. The van der Waals surface area contributed by atoms with Gasteiger partial charge in [-0.2, -0.15) is 0 Å². The fourth-order valence-corrected chi connectivity index (χ4v) is 10.9. The molecule has 33 heavy (non-hydrogen) atoms. The molecule has 0 aromatic carbocycles. The van der Waals surface area contributed by atoms with E-state index >= 15 is 0 Å². The molecule has 5 rings (SSSR count). The van der Waals surface area contributed by atoms with E-state index in [1.165, 1.54) is 5.57 Å². The van der Waals surface area contributed by atoms with Crippen molar-refractivity contribution in [1.29, 1.82) is 0 Å². The van der Waals surface area contributed by atoms with Gasteiger partial charge in [0.1, 0.15) is 0 Å². The van der Waals surface area contributed by atoms with E-state index in [0.29, 0.717) is 24.2 Å². The average Bonchev–Trinajstić information content (AvgIpc) is 2.72. The topological polar surface area (TPSA) is 77.8 Å². The molecule has 0 saturated heterocycles. The Hall–Kier alpha value is -0.870. The molecule has 0 amide bonds. The van der Waals surface area contributed by atoms with Crippen LogP contribution in [0, 0.1) is 50.7 Å². The van der Waals surface area contributed by atoms with E-state index in [2.05, 4.69) is 47.6 Å². The second-order valence-corrected chi connectivity index (χ2v) is 14.1. The monoisotopic (exact) mass is 458 g/mol. The molecule has 3 N–H and O–H groups in total. The van der Waals surface area contributed by atoms with Crippen LogP contribution in [0.15, 0.2) is 11.6 Å². The van der Waals surface area contributed by atoms with Gasteiger partial charge in [-0.1, -0.05) is 66.0 Å². The molecule has 0 heterocycles. The van der Waals surface area contributed by atoms with Gasteiger partial charge >= 0.3 is 5.97 Å². The molecule has 0 spiro atoms. The fraction of sp³-hybridized carbons (Fsp3) is 0.897. The fourth-order valence-electron chi connectivity index (χ4n) is 10.9. The highest BCUT2D eigenvalue weighted by molar-refractivity contribution is 5.76. The van der Waals surface area contributed by atoms with Crippen LogP contribution in [-0.2, 0) is 4.79 Å². The lowest BCUT2D eigenvalue weighted by molar-refractivity contribution is -0.232. The van der Waals surface area contributed by atoms with E-state index in [1.807, 2.05) is 0 Å². The zero-order valence-electron chi connectivity index (χ0n) is 21.7. The van der Waals surface area contributed by atoms with E-state index in [0.717, 1.165) is 51.4 Å². The van der Waals surface area contributed by atoms with Crippen LogP contribution in [0.5, 0.6) is 0 Å². The van der Waals surface area contributed by atoms with Gasteiger partial charge in [0, 0.05) is 0 Å². The SMILES string of the molecule is C[C@H]1CCC[C@]2(C(=O)O)CC[C@]3(C)C(=CC[C@@H]4[C@@]5(C)C[C@@H](O)[C@H](O)C(C)(C)[C@@H]5CC[C@]43C)[C@H]12. The zero-order chi connectivity index (χ0) is 24.2. The summed E-state index contributed by atoms with van der Waals surface area (Å²) in [6, 6.07) is 0. The van der Waals surface area contributed by atoms with Crippen LogP contribution in [0.3, 0.4) is 0 Å². The molecular formula is C29H46O4. The number of carboxylic acid groups (broad SMARTS) is 1. The summed E-state index contributed by atoms with van der Waals surface area (Å²) in [5.74, 6) is 0.820. The average molecular weight is 459 g/mol. The second-order valence-electron chi connectivity index (χ2n) is 14.1. The molecule has 4 heteroatoms. The largest absolute Gasteiger partial charge is 0.481 e. The molecular weight excluding hydrogens is 412 g/mol. The standard InChI is InChI=1S/C29H46O4/c1-17-8-7-12-29(24(32)33)15-14-27(5)18(22(17)29)9-10-21-26(4)16-19(30)23(31)25(2,3)20(26)11-13-28(21,27)6/h9,17,19-23,30-31H,7-8,10-16H2,1-6H3,(H,32,33)/t17-,19+,20-,21+,22-,23-,26-,27+,28+,29-/m0/s1. The van der Waals surface area contributed by atoms with E-state index < -0.39 is 23.6 Å². The van der Waals surface area contributed by atoms with Crippen molar-refractivity contribution in [3.63, 3.8) is 0 Å². The van der Waals surface area contributed by atoms with E-state index in [4.69, 9.17) is 0 Å². The Bertz CT molecular complexity index is 877. The van der Waals surface area contributed by atoms with Gasteiger partial charge in [-0.25, -0.2) is 0 Å². The van der Waals surface area contributed by atoms with Crippen molar-refractivity contribution >= 4 is 5.97 Å². The van der Waals surface area contributed by atoms with Gasteiger partial charge in [0.15, 0.2) is 0 Å². The predicted octanol–water partition coefficient (Wildman–Crippen LogP) is 5.81. The van der Waals surface area contributed by atoms with Gasteiger partial charge in [0.05, 0.1) is 17.6 Å². The Morgan fingerprint density at radius 3 is 2.33 bits per heavy atom. The summed E-state index contributed by atoms with van der Waals surface area (Å²) in [6.45, 7) is 14.0. The molecule has 0 radical (unpaired) electrons. The minimum Gasteiger partial charge on any atom is -0.481 e. The number of hydrogen-bond donors (Lipinski definition) is 3. The van der Waals surface area contributed by atoms with Crippen molar-refractivity contribution in [3.8, 4) is 0 Å². The van der Waals surface area contributed by atoms with Crippen molar-refractivity contribution in [2.75, 3.05) is 0 Å². The lowest BCUT2D eigenvalue weighted by Crippen LogP contribution is -2.67. The maximum Gasteiger partial charge on any atom is 0.310 e. The molecule has 10 atom stereocenters. The zero-order valence-corrected chi connectivity index (χ0v) is 21.7. The first-order valence-electron chi connectivity index (χ1n) is 13.6. The molecule has 186 valence electrons. The maximum atomic E-state index is 12.7. The molecule has 0 aromatic heterocycles. The van der Waals surface area contributed by atoms with Gasteiger partial charge in [0.25, 0.3) is 0 Å². The van der Waals surface area contributed by atoms with Crippen LogP contribution in [0.4, 0.5) is 0 Å². The summed E-state index contributed by atoms with van der Waals surface area (Å²) in [6.07, 6.45) is 9.71. The quantitative estimate of drug-likeness (QED) is 0.433. The number of aliphatic carboxylic acids is 1. The number of carboxylic acids is 1. The second kappa shape index (κ2) is 7.09. The first-order valence-corrected chi connectivity index (χ1v) is 13.6. The number of allylic oxidation sites excluding steroid dienone is 2. The summed E-state index contributed by atoms with van der Waals surface area (Å²) in [5.41, 5.74) is 0.633. The molecule has 0 unspecified atom stereocenters. The molecule has 0 aromatic rings. The van der Waals surface area contributed by atoms with Crippen LogP contribution in [-0.4, -0.2) is 33.5 Å². The van der Waals surface area contributed by atoms with Gasteiger partial charge < -0.3 is 15.3 Å². The highest BCUT2D eigenvalue weighted by Gasteiger charge is 2.70. The Balaban J connectivity index is 1.61. The normalized spacial score (nSPS) is 55.3. The molecule has 4 fully saturated rings. The smallest absolute Gasteiger partial charge is 0.310 e. The summed E-state index contributed by atoms with van der Waals surface area (Å²) in [5, 5.41) is 32.3. The number of fused-ring (bicyclic) bond motifs is 7. The molecule has 0 bridgehead atoms. The lowest BCUT2D eigenvalue weighted by Gasteiger charge is -2.71. The Labute approximate surface area is 200 Å². The number of aliphatic hydroxyl groups is 2. The molecule has 0 aliphatic heterocycles. The van der Waals surface area contributed by atoms with Crippen molar-refractivity contribution in [3.05, 3.63) is 11.6 Å². The molecule has 4 nitrogen and oxygen atoms in total. The van der Waals surface area contributed by atoms with Crippen molar-refractivity contribution < 1.29 is 20.1 Å². The highest BCUT2D eigenvalue weighted by Crippen LogP contribution is 2.75.